The second-order valence-electron chi connectivity index (χ2n) is 8.02. The molecule has 0 radical (unpaired) electrons. The Hall–Kier alpha value is -2.34. The van der Waals surface area contributed by atoms with Gasteiger partial charge in [0.15, 0.2) is 0 Å². The Kier molecular flexibility index (Phi) is 6.96. The summed E-state index contributed by atoms with van der Waals surface area (Å²) in [5.41, 5.74) is 2.89. The van der Waals surface area contributed by atoms with Gasteiger partial charge in [-0.15, -0.1) is 11.3 Å². The molecule has 1 aromatic carbocycles. The third-order valence-electron chi connectivity index (χ3n) is 5.76. The van der Waals surface area contributed by atoms with Crippen LogP contribution < -0.4 is 10.2 Å². The number of nitrogens with zero attached hydrogens (tertiary/aromatic N) is 2. The van der Waals surface area contributed by atoms with Crippen molar-refractivity contribution in [2.75, 3.05) is 24.3 Å². The normalized spacial score (nSPS) is 14.8. The molecule has 1 N–H and O–H groups in total. The van der Waals surface area contributed by atoms with Crippen molar-refractivity contribution in [3.63, 3.8) is 0 Å². The predicted octanol–water partition coefficient (Wildman–Crippen LogP) is 4.99. The van der Waals surface area contributed by atoms with E-state index in [0.717, 1.165) is 47.5 Å². The molecule has 29 heavy (non-hydrogen) atoms. The van der Waals surface area contributed by atoms with Crippen LogP contribution in [-0.4, -0.2) is 36.9 Å². The molecular formula is C23H31N3O2S. The van der Waals surface area contributed by atoms with Crippen molar-refractivity contribution < 1.29 is 9.59 Å². The highest BCUT2D eigenvalue weighted by Crippen LogP contribution is 2.30. The van der Waals surface area contributed by atoms with Crippen molar-refractivity contribution >= 4 is 34.5 Å². The van der Waals surface area contributed by atoms with Gasteiger partial charge in [-0.2, -0.15) is 0 Å². The lowest BCUT2D eigenvalue weighted by Gasteiger charge is -2.30. The van der Waals surface area contributed by atoms with E-state index in [9.17, 15) is 9.59 Å². The zero-order chi connectivity index (χ0) is 21.0. The largest absolute Gasteiger partial charge is 0.377 e. The Balaban J connectivity index is 1.87. The fraction of sp³-hybridized carbons (Fsp3) is 0.478. The lowest BCUT2D eigenvalue weighted by atomic mass is 9.85. The van der Waals surface area contributed by atoms with E-state index < -0.39 is 0 Å². The van der Waals surface area contributed by atoms with Gasteiger partial charge in [0.05, 0.1) is 4.88 Å². The minimum Gasteiger partial charge on any atom is -0.377 e. The molecular weight excluding hydrogens is 382 g/mol. The van der Waals surface area contributed by atoms with Crippen LogP contribution in [0.2, 0.25) is 0 Å². The molecule has 0 aliphatic heterocycles. The lowest BCUT2D eigenvalue weighted by Crippen LogP contribution is -2.37. The van der Waals surface area contributed by atoms with E-state index in [-0.39, 0.29) is 23.8 Å². The molecule has 0 bridgehead atoms. The Bertz CT molecular complexity index is 844. The summed E-state index contributed by atoms with van der Waals surface area (Å²) in [5, 5.41) is 5.00. The minimum absolute atomic E-state index is 0.0583. The zero-order valence-electron chi connectivity index (χ0n) is 17.8. The highest BCUT2D eigenvalue weighted by Gasteiger charge is 2.26. The quantitative estimate of drug-likeness (QED) is 0.663. The number of rotatable bonds is 8. The summed E-state index contributed by atoms with van der Waals surface area (Å²) < 4.78 is 0. The lowest BCUT2D eigenvalue weighted by molar-refractivity contribution is -0.122. The van der Waals surface area contributed by atoms with Gasteiger partial charge in [-0.25, -0.2) is 0 Å². The van der Waals surface area contributed by atoms with Crippen LogP contribution in [-0.2, 0) is 11.3 Å². The van der Waals surface area contributed by atoms with Gasteiger partial charge in [-0.3, -0.25) is 9.59 Å². The highest BCUT2D eigenvalue weighted by atomic mass is 32.1. The second kappa shape index (κ2) is 9.44. The zero-order valence-corrected chi connectivity index (χ0v) is 18.6. The Morgan fingerprint density at radius 2 is 2.00 bits per heavy atom. The van der Waals surface area contributed by atoms with Crippen LogP contribution in [0, 0.1) is 5.92 Å². The molecule has 2 amide bonds. The fourth-order valence-electron chi connectivity index (χ4n) is 3.51. The van der Waals surface area contributed by atoms with Crippen LogP contribution in [0.25, 0.3) is 0 Å². The Morgan fingerprint density at radius 3 is 2.55 bits per heavy atom. The van der Waals surface area contributed by atoms with Gasteiger partial charge >= 0.3 is 0 Å². The summed E-state index contributed by atoms with van der Waals surface area (Å²) in [7, 11) is 4.00. The molecule has 3 rings (SSSR count). The van der Waals surface area contributed by atoms with Gasteiger partial charge in [-0.05, 0) is 61.4 Å². The molecule has 5 nitrogen and oxygen atoms in total. The van der Waals surface area contributed by atoms with Crippen molar-refractivity contribution in [1.29, 1.82) is 0 Å². The van der Waals surface area contributed by atoms with Crippen LogP contribution in [0.4, 0.5) is 11.4 Å². The second-order valence-corrected chi connectivity index (χ2v) is 8.97. The Morgan fingerprint density at radius 1 is 1.24 bits per heavy atom. The molecule has 0 spiro atoms. The molecule has 1 aliphatic carbocycles. The van der Waals surface area contributed by atoms with Crippen LogP contribution >= 0.6 is 11.3 Å². The van der Waals surface area contributed by atoms with Gasteiger partial charge in [0.1, 0.15) is 0 Å². The molecule has 1 aliphatic rings. The molecule has 156 valence electrons. The van der Waals surface area contributed by atoms with Crippen molar-refractivity contribution in [3.05, 3.63) is 46.2 Å². The standard InChI is InChI=1S/C23H31N3O2S/c1-5-16(2)26(23(28)21-10-7-13-29-21)15-18-14-19(11-12-20(18)25(3)4)24-22(27)17-8-6-9-17/h7,10-14,16-17H,5-6,8-9,15H2,1-4H3,(H,24,27)/t16-/m0/s1. The van der Waals surface area contributed by atoms with Gasteiger partial charge < -0.3 is 15.1 Å². The average Bonchev–Trinajstić information content (AvgIpc) is 3.18. The molecule has 1 atom stereocenters. The summed E-state index contributed by atoms with van der Waals surface area (Å²) >= 11 is 1.47. The van der Waals surface area contributed by atoms with Gasteiger partial charge in [0, 0.05) is 44.0 Å². The number of nitrogens with one attached hydrogen (secondary N) is 1. The number of carbonyl (C=O) groups is 2. The predicted molar refractivity (Wildman–Crippen MR) is 121 cm³/mol. The van der Waals surface area contributed by atoms with E-state index in [4.69, 9.17) is 0 Å². The van der Waals surface area contributed by atoms with Crippen molar-refractivity contribution in [1.82, 2.24) is 4.90 Å². The third kappa shape index (κ3) is 4.99. The molecule has 1 aromatic heterocycles. The summed E-state index contributed by atoms with van der Waals surface area (Å²) in [4.78, 5) is 30.3. The summed E-state index contributed by atoms with van der Waals surface area (Å²) in [5.74, 6) is 0.306. The molecule has 0 unspecified atom stereocenters. The number of thiophene rings is 1. The molecule has 1 saturated carbocycles. The van der Waals surface area contributed by atoms with E-state index in [0.29, 0.717) is 6.54 Å². The van der Waals surface area contributed by atoms with Crippen molar-refractivity contribution in [2.45, 2.75) is 52.1 Å². The third-order valence-corrected chi connectivity index (χ3v) is 6.62. The Labute approximate surface area is 177 Å². The van der Waals surface area contributed by atoms with E-state index in [2.05, 4.69) is 24.1 Å². The number of hydrogen-bond donors (Lipinski definition) is 1. The van der Waals surface area contributed by atoms with Crippen LogP contribution in [0.5, 0.6) is 0 Å². The first-order valence-electron chi connectivity index (χ1n) is 10.4. The monoisotopic (exact) mass is 413 g/mol. The van der Waals surface area contributed by atoms with Crippen molar-refractivity contribution in [3.8, 4) is 0 Å². The smallest absolute Gasteiger partial charge is 0.264 e. The highest BCUT2D eigenvalue weighted by molar-refractivity contribution is 7.12. The SMILES string of the molecule is CC[C@H](C)N(Cc1cc(NC(=O)C2CCC2)ccc1N(C)C)C(=O)c1cccs1. The molecule has 6 heteroatoms. The van der Waals surface area contributed by atoms with Gasteiger partial charge in [0.25, 0.3) is 5.91 Å². The first-order chi connectivity index (χ1) is 13.9. The molecule has 1 fully saturated rings. The number of hydrogen-bond acceptors (Lipinski definition) is 4. The van der Waals surface area contributed by atoms with Gasteiger partial charge in [0.2, 0.25) is 5.91 Å². The summed E-state index contributed by atoms with van der Waals surface area (Å²) in [6.45, 7) is 4.69. The van der Waals surface area contributed by atoms with E-state index in [1.165, 1.54) is 11.3 Å². The first-order valence-corrected chi connectivity index (χ1v) is 11.2. The molecule has 2 aromatic rings. The first kappa shape index (κ1) is 21.4. The number of carbonyl (C=O) groups excluding carboxylic acids is 2. The minimum atomic E-state index is 0.0583. The molecule has 1 heterocycles. The van der Waals surface area contributed by atoms with E-state index >= 15 is 0 Å². The van der Waals surface area contributed by atoms with Crippen molar-refractivity contribution in [2.24, 2.45) is 5.92 Å². The van der Waals surface area contributed by atoms with Crippen LogP contribution in [0.15, 0.2) is 35.7 Å². The summed E-state index contributed by atoms with van der Waals surface area (Å²) in [6.07, 6.45) is 3.97. The average molecular weight is 414 g/mol. The van der Waals surface area contributed by atoms with E-state index in [1.807, 2.05) is 54.7 Å². The number of anilines is 2. The fourth-order valence-corrected chi connectivity index (χ4v) is 4.19. The topological polar surface area (TPSA) is 52.7 Å². The van der Waals surface area contributed by atoms with Crippen LogP contribution in [0.3, 0.4) is 0 Å². The van der Waals surface area contributed by atoms with Gasteiger partial charge in [-0.1, -0.05) is 19.4 Å². The summed E-state index contributed by atoms with van der Waals surface area (Å²) in [6, 6.07) is 9.90. The number of benzene rings is 1. The maximum Gasteiger partial charge on any atom is 0.264 e. The maximum absolute atomic E-state index is 13.1. The van der Waals surface area contributed by atoms with Crippen LogP contribution in [0.1, 0.15) is 54.8 Å². The maximum atomic E-state index is 13.1. The number of amides is 2. The molecule has 0 saturated heterocycles. The van der Waals surface area contributed by atoms with E-state index in [1.54, 1.807) is 0 Å².